The molecule has 0 heterocycles. The minimum Gasteiger partial charge on any atom is -0.394 e. The van der Waals surface area contributed by atoms with Crippen molar-refractivity contribution in [2.45, 2.75) is 24.8 Å². The molecule has 4 heteroatoms. The second kappa shape index (κ2) is 5.99. The molecule has 21 heavy (non-hydrogen) atoms. The molecule has 1 unspecified atom stereocenters. The summed E-state index contributed by atoms with van der Waals surface area (Å²) in [6, 6.07) is 14.0. The minimum atomic E-state index is -0.341. The maximum absolute atomic E-state index is 9.96. The summed E-state index contributed by atoms with van der Waals surface area (Å²) in [6.45, 7) is 0.0910. The van der Waals surface area contributed by atoms with Crippen LogP contribution in [0.15, 0.2) is 46.9 Å². The normalized spacial score (nSPS) is 20.9. The fraction of sp³-hybridized carbons (Fsp3) is 0.294. The lowest BCUT2D eigenvalue weighted by Crippen LogP contribution is -2.47. The summed E-state index contributed by atoms with van der Waals surface area (Å²) in [7, 11) is 0. The fourth-order valence-electron chi connectivity index (χ4n) is 2.96. The average molecular weight is 367 g/mol. The maximum Gasteiger partial charge on any atom is 0.0664 e. The molecule has 0 amide bonds. The number of rotatable bonds is 3. The van der Waals surface area contributed by atoms with Crippen molar-refractivity contribution in [1.29, 1.82) is 0 Å². The predicted molar refractivity (Wildman–Crippen MR) is 91.1 cm³/mol. The SMILES string of the molecule is OCC1(Nc2ccccc2Cl)CCc2cc(Br)ccc2C1. The van der Waals surface area contributed by atoms with Crippen LogP contribution >= 0.6 is 27.5 Å². The molecule has 1 atom stereocenters. The van der Waals surface area contributed by atoms with E-state index in [1.54, 1.807) is 0 Å². The van der Waals surface area contributed by atoms with Crippen LogP contribution in [0.4, 0.5) is 5.69 Å². The topological polar surface area (TPSA) is 32.3 Å². The van der Waals surface area contributed by atoms with Crippen LogP contribution < -0.4 is 5.32 Å². The molecule has 0 spiro atoms. The van der Waals surface area contributed by atoms with Crippen molar-refractivity contribution >= 4 is 33.2 Å². The summed E-state index contributed by atoms with van der Waals surface area (Å²) < 4.78 is 1.11. The smallest absolute Gasteiger partial charge is 0.0664 e. The number of anilines is 1. The quantitative estimate of drug-likeness (QED) is 0.842. The maximum atomic E-state index is 9.96. The van der Waals surface area contributed by atoms with Gasteiger partial charge in [-0.15, -0.1) is 0 Å². The molecule has 0 aromatic heterocycles. The summed E-state index contributed by atoms with van der Waals surface area (Å²) in [5.41, 5.74) is 3.19. The predicted octanol–water partition coefficient (Wildman–Crippen LogP) is 4.43. The number of fused-ring (bicyclic) bond motifs is 1. The van der Waals surface area contributed by atoms with Gasteiger partial charge in [0.1, 0.15) is 0 Å². The first kappa shape index (κ1) is 14.9. The van der Waals surface area contributed by atoms with E-state index in [4.69, 9.17) is 11.6 Å². The van der Waals surface area contributed by atoms with Gasteiger partial charge in [0.25, 0.3) is 0 Å². The molecule has 2 nitrogen and oxygen atoms in total. The molecule has 3 rings (SSSR count). The van der Waals surface area contributed by atoms with Crippen molar-refractivity contribution in [2.24, 2.45) is 0 Å². The monoisotopic (exact) mass is 365 g/mol. The Morgan fingerprint density at radius 3 is 2.76 bits per heavy atom. The lowest BCUT2D eigenvalue weighted by atomic mass is 9.78. The Morgan fingerprint density at radius 1 is 1.19 bits per heavy atom. The molecule has 0 saturated heterocycles. The third-order valence-electron chi connectivity index (χ3n) is 4.15. The third kappa shape index (κ3) is 3.10. The lowest BCUT2D eigenvalue weighted by molar-refractivity contribution is 0.196. The Morgan fingerprint density at radius 2 is 2.00 bits per heavy atom. The number of benzene rings is 2. The summed E-state index contributed by atoms with van der Waals surface area (Å²) in [5, 5.41) is 14.1. The summed E-state index contributed by atoms with van der Waals surface area (Å²) in [6.07, 6.45) is 2.64. The summed E-state index contributed by atoms with van der Waals surface area (Å²) >= 11 is 9.75. The number of aryl methyl sites for hydroxylation is 1. The zero-order chi connectivity index (χ0) is 14.9. The number of aliphatic hydroxyl groups is 1. The van der Waals surface area contributed by atoms with E-state index in [0.29, 0.717) is 5.02 Å². The first-order valence-electron chi connectivity index (χ1n) is 7.03. The zero-order valence-electron chi connectivity index (χ0n) is 11.6. The van der Waals surface area contributed by atoms with Gasteiger partial charge in [-0.05, 0) is 54.7 Å². The van der Waals surface area contributed by atoms with E-state index in [-0.39, 0.29) is 12.1 Å². The van der Waals surface area contributed by atoms with E-state index < -0.39 is 0 Å². The van der Waals surface area contributed by atoms with Gasteiger partial charge in [-0.1, -0.05) is 45.7 Å². The molecule has 0 radical (unpaired) electrons. The van der Waals surface area contributed by atoms with Gasteiger partial charge in [-0.2, -0.15) is 0 Å². The highest BCUT2D eigenvalue weighted by Crippen LogP contribution is 2.34. The molecular formula is C17H17BrClNO. The first-order chi connectivity index (χ1) is 10.1. The van der Waals surface area contributed by atoms with Gasteiger partial charge >= 0.3 is 0 Å². The van der Waals surface area contributed by atoms with Gasteiger partial charge in [0, 0.05) is 4.47 Å². The van der Waals surface area contributed by atoms with Crippen molar-refractivity contribution < 1.29 is 5.11 Å². The van der Waals surface area contributed by atoms with Crippen LogP contribution in [0.2, 0.25) is 5.02 Å². The van der Waals surface area contributed by atoms with E-state index in [1.165, 1.54) is 11.1 Å². The summed E-state index contributed by atoms with van der Waals surface area (Å²) in [5.74, 6) is 0. The standard InChI is InChI=1S/C17H17BrClNO/c18-14-6-5-13-10-17(11-21,8-7-12(13)9-14)20-16-4-2-1-3-15(16)19/h1-6,9,20-21H,7-8,10-11H2. The Labute approximate surface area is 138 Å². The molecule has 2 N–H and O–H groups in total. The van der Waals surface area contributed by atoms with Gasteiger partial charge in [-0.25, -0.2) is 0 Å². The highest BCUT2D eigenvalue weighted by atomic mass is 79.9. The number of hydrogen-bond donors (Lipinski definition) is 2. The van der Waals surface area contributed by atoms with Gasteiger partial charge in [0.05, 0.1) is 22.9 Å². The van der Waals surface area contributed by atoms with Crippen molar-refractivity contribution in [3.05, 3.63) is 63.1 Å². The molecule has 0 fully saturated rings. The average Bonchev–Trinajstić information content (AvgIpc) is 2.50. The number of nitrogens with one attached hydrogen (secondary N) is 1. The van der Waals surface area contributed by atoms with Crippen LogP contribution in [0.3, 0.4) is 0 Å². The highest BCUT2D eigenvalue weighted by Gasteiger charge is 2.34. The van der Waals surface area contributed by atoms with E-state index in [9.17, 15) is 5.11 Å². The van der Waals surface area contributed by atoms with E-state index in [2.05, 4.69) is 39.4 Å². The number of para-hydroxylation sites is 1. The number of halogens is 2. The molecule has 0 saturated carbocycles. The molecule has 1 aliphatic rings. The van der Waals surface area contributed by atoms with Crippen molar-refractivity contribution in [3.8, 4) is 0 Å². The van der Waals surface area contributed by atoms with Gasteiger partial charge < -0.3 is 10.4 Å². The molecular weight excluding hydrogens is 350 g/mol. The molecule has 2 aromatic rings. The Hall–Kier alpha value is -1.03. The third-order valence-corrected chi connectivity index (χ3v) is 4.97. The number of aliphatic hydroxyl groups excluding tert-OH is 1. The molecule has 1 aliphatic carbocycles. The largest absolute Gasteiger partial charge is 0.394 e. The van der Waals surface area contributed by atoms with Crippen LogP contribution in [0.1, 0.15) is 17.5 Å². The Balaban J connectivity index is 1.89. The zero-order valence-corrected chi connectivity index (χ0v) is 13.9. The van der Waals surface area contributed by atoms with E-state index in [0.717, 1.165) is 29.4 Å². The molecule has 2 aromatic carbocycles. The van der Waals surface area contributed by atoms with Gasteiger partial charge in [0.2, 0.25) is 0 Å². The Bertz CT molecular complexity index is 661. The lowest BCUT2D eigenvalue weighted by Gasteiger charge is -2.38. The molecule has 0 aliphatic heterocycles. The van der Waals surface area contributed by atoms with Crippen LogP contribution in [-0.4, -0.2) is 17.3 Å². The van der Waals surface area contributed by atoms with Crippen LogP contribution in [0.25, 0.3) is 0 Å². The first-order valence-corrected chi connectivity index (χ1v) is 8.20. The molecule has 110 valence electrons. The second-order valence-electron chi connectivity index (χ2n) is 5.63. The van der Waals surface area contributed by atoms with Crippen molar-refractivity contribution in [1.82, 2.24) is 0 Å². The molecule has 0 bridgehead atoms. The Kier molecular flexibility index (Phi) is 4.25. The number of hydrogen-bond acceptors (Lipinski definition) is 2. The highest BCUT2D eigenvalue weighted by molar-refractivity contribution is 9.10. The van der Waals surface area contributed by atoms with Gasteiger partial charge in [0.15, 0.2) is 0 Å². The van der Waals surface area contributed by atoms with Crippen molar-refractivity contribution in [3.63, 3.8) is 0 Å². The van der Waals surface area contributed by atoms with Crippen LogP contribution in [-0.2, 0) is 12.8 Å². The van der Waals surface area contributed by atoms with Crippen LogP contribution in [0, 0.1) is 0 Å². The summed E-state index contributed by atoms with van der Waals surface area (Å²) in [4.78, 5) is 0. The fourth-order valence-corrected chi connectivity index (χ4v) is 3.55. The second-order valence-corrected chi connectivity index (χ2v) is 6.96. The van der Waals surface area contributed by atoms with E-state index >= 15 is 0 Å². The van der Waals surface area contributed by atoms with E-state index in [1.807, 2.05) is 24.3 Å². The van der Waals surface area contributed by atoms with Gasteiger partial charge in [-0.3, -0.25) is 0 Å². The van der Waals surface area contributed by atoms with Crippen molar-refractivity contribution in [2.75, 3.05) is 11.9 Å². The van der Waals surface area contributed by atoms with Crippen LogP contribution in [0.5, 0.6) is 0 Å². The minimum absolute atomic E-state index is 0.0910.